The Morgan fingerprint density at radius 3 is 2.64 bits per heavy atom. The Morgan fingerprint density at radius 1 is 1.14 bits per heavy atom. The minimum atomic E-state index is 0.935. The van der Waals surface area contributed by atoms with Crippen LogP contribution in [0.1, 0.15) is 12.6 Å². The van der Waals surface area contributed by atoms with Crippen molar-refractivity contribution in [1.82, 2.24) is 15.0 Å². The Hall–Kier alpha value is -1.77. The first-order valence-electron chi connectivity index (χ1n) is 4.61. The summed E-state index contributed by atoms with van der Waals surface area (Å²) in [7, 11) is 0. The van der Waals surface area contributed by atoms with Crippen LogP contribution in [0.15, 0.2) is 36.9 Å². The smallest absolute Gasteiger partial charge is 0.115 e. The van der Waals surface area contributed by atoms with Gasteiger partial charge in [-0.1, -0.05) is 13.0 Å². The maximum atomic E-state index is 4.48. The van der Waals surface area contributed by atoms with Gasteiger partial charge in [0.25, 0.3) is 0 Å². The molecule has 0 spiro atoms. The molecule has 0 aliphatic carbocycles. The van der Waals surface area contributed by atoms with E-state index < -0.39 is 0 Å². The summed E-state index contributed by atoms with van der Waals surface area (Å²) >= 11 is 0. The monoisotopic (exact) mass is 185 g/mol. The van der Waals surface area contributed by atoms with Crippen LogP contribution in [0.3, 0.4) is 0 Å². The van der Waals surface area contributed by atoms with Crippen LogP contribution in [0.5, 0.6) is 0 Å². The fourth-order valence-electron chi connectivity index (χ4n) is 1.27. The lowest BCUT2D eigenvalue weighted by atomic mass is 10.2. The lowest BCUT2D eigenvalue weighted by Gasteiger charge is -2.01. The van der Waals surface area contributed by atoms with Crippen molar-refractivity contribution in [1.29, 1.82) is 0 Å². The predicted octanol–water partition coefficient (Wildman–Crippen LogP) is 2.10. The third kappa shape index (κ3) is 1.76. The molecule has 0 saturated carbocycles. The lowest BCUT2D eigenvalue weighted by Crippen LogP contribution is -1.90. The van der Waals surface area contributed by atoms with Crippen molar-refractivity contribution in [2.75, 3.05) is 0 Å². The van der Waals surface area contributed by atoms with Crippen molar-refractivity contribution in [3.63, 3.8) is 0 Å². The Balaban J connectivity index is 2.42. The Bertz CT molecular complexity index is 412. The minimum Gasteiger partial charge on any atom is -0.253 e. The maximum absolute atomic E-state index is 4.48. The van der Waals surface area contributed by atoms with Crippen molar-refractivity contribution in [3.8, 4) is 11.3 Å². The van der Waals surface area contributed by atoms with E-state index in [2.05, 4.69) is 21.9 Å². The van der Waals surface area contributed by atoms with Crippen LogP contribution >= 0.6 is 0 Å². The summed E-state index contributed by atoms with van der Waals surface area (Å²) in [6.45, 7) is 2.09. The van der Waals surface area contributed by atoms with E-state index in [1.165, 1.54) is 6.33 Å². The highest BCUT2D eigenvalue weighted by atomic mass is 14.8. The summed E-state index contributed by atoms with van der Waals surface area (Å²) in [4.78, 5) is 12.4. The van der Waals surface area contributed by atoms with Crippen molar-refractivity contribution < 1.29 is 0 Å². The maximum Gasteiger partial charge on any atom is 0.115 e. The average Bonchev–Trinajstić information content (AvgIpc) is 2.30. The molecule has 0 aliphatic heterocycles. The van der Waals surface area contributed by atoms with Crippen molar-refractivity contribution in [2.45, 2.75) is 13.3 Å². The summed E-state index contributed by atoms with van der Waals surface area (Å²) in [5.41, 5.74) is 2.99. The molecule has 0 aromatic carbocycles. The summed E-state index contributed by atoms with van der Waals surface area (Å²) in [5, 5.41) is 0. The average molecular weight is 185 g/mol. The van der Waals surface area contributed by atoms with Crippen LogP contribution in [-0.2, 0) is 6.42 Å². The fraction of sp³-hybridized carbons (Fsp3) is 0.182. The number of hydrogen-bond donors (Lipinski definition) is 0. The normalized spacial score (nSPS) is 10.1. The van der Waals surface area contributed by atoms with Gasteiger partial charge >= 0.3 is 0 Å². The van der Waals surface area contributed by atoms with Gasteiger partial charge < -0.3 is 0 Å². The molecular formula is C11H11N3. The molecule has 2 aromatic heterocycles. The predicted molar refractivity (Wildman–Crippen MR) is 54.6 cm³/mol. The molecule has 0 N–H and O–H groups in total. The number of aryl methyl sites for hydroxylation is 1. The molecule has 0 aliphatic rings. The Kier molecular flexibility index (Phi) is 2.49. The van der Waals surface area contributed by atoms with Gasteiger partial charge in [0.05, 0.1) is 5.69 Å². The summed E-state index contributed by atoms with van der Waals surface area (Å²) in [6.07, 6.45) is 6.01. The first kappa shape index (κ1) is 8.81. The molecule has 0 fully saturated rings. The summed E-state index contributed by atoms with van der Waals surface area (Å²) in [6, 6.07) is 6.00. The Morgan fingerprint density at radius 2 is 1.93 bits per heavy atom. The van der Waals surface area contributed by atoms with Crippen molar-refractivity contribution >= 4 is 0 Å². The zero-order chi connectivity index (χ0) is 9.80. The molecule has 14 heavy (non-hydrogen) atoms. The molecule has 0 amide bonds. The second-order valence-corrected chi connectivity index (χ2v) is 2.99. The van der Waals surface area contributed by atoms with E-state index in [0.29, 0.717) is 0 Å². The van der Waals surface area contributed by atoms with Crippen LogP contribution in [0, 0.1) is 0 Å². The van der Waals surface area contributed by atoms with E-state index in [0.717, 1.165) is 23.4 Å². The highest BCUT2D eigenvalue weighted by molar-refractivity contribution is 5.56. The van der Waals surface area contributed by atoms with Gasteiger partial charge in [-0.05, 0) is 18.6 Å². The van der Waals surface area contributed by atoms with Crippen LogP contribution in [0.2, 0.25) is 0 Å². The molecule has 70 valence electrons. The summed E-state index contributed by atoms with van der Waals surface area (Å²) < 4.78 is 0. The zero-order valence-corrected chi connectivity index (χ0v) is 8.01. The molecule has 2 rings (SSSR count). The molecule has 3 nitrogen and oxygen atoms in total. The molecule has 2 heterocycles. The third-order valence-corrected chi connectivity index (χ3v) is 2.03. The molecule has 0 unspecified atom stereocenters. The topological polar surface area (TPSA) is 38.7 Å². The molecule has 0 radical (unpaired) electrons. The zero-order valence-electron chi connectivity index (χ0n) is 8.01. The van der Waals surface area contributed by atoms with Gasteiger partial charge in [-0.2, -0.15) is 0 Å². The highest BCUT2D eigenvalue weighted by Gasteiger charge is 1.99. The van der Waals surface area contributed by atoms with Gasteiger partial charge in [0, 0.05) is 23.7 Å². The first-order chi connectivity index (χ1) is 6.90. The van der Waals surface area contributed by atoms with Crippen LogP contribution < -0.4 is 0 Å². The van der Waals surface area contributed by atoms with E-state index in [9.17, 15) is 0 Å². The van der Waals surface area contributed by atoms with E-state index in [1.807, 2.05) is 18.2 Å². The number of aromatic nitrogens is 3. The SMILES string of the molecule is CCc1cccc(-c2cncnc2)n1. The molecule has 0 saturated heterocycles. The fourth-order valence-corrected chi connectivity index (χ4v) is 1.27. The first-order valence-corrected chi connectivity index (χ1v) is 4.61. The molecule has 0 atom stereocenters. The molecule has 0 bridgehead atoms. The molecule has 3 heteroatoms. The highest BCUT2D eigenvalue weighted by Crippen LogP contribution is 2.14. The lowest BCUT2D eigenvalue weighted by molar-refractivity contribution is 1.04. The molecular weight excluding hydrogens is 174 g/mol. The quantitative estimate of drug-likeness (QED) is 0.719. The second kappa shape index (κ2) is 3.96. The van der Waals surface area contributed by atoms with E-state index in [-0.39, 0.29) is 0 Å². The van der Waals surface area contributed by atoms with Gasteiger partial charge in [0.1, 0.15) is 6.33 Å². The van der Waals surface area contributed by atoms with Gasteiger partial charge in [-0.25, -0.2) is 9.97 Å². The van der Waals surface area contributed by atoms with Crippen LogP contribution in [0.25, 0.3) is 11.3 Å². The number of pyridine rings is 1. The van der Waals surface area contributed by atoms with Crippen molar-refractivity contribution in [3.05, 3.63) is 42.6 Å². The van der Waals surface area contributed by atoms with E-state index >= 15 is 0 Å². The summed E-state index contributed by atoms with van der Waals surface area (Å²) in [5.74, 6) is 0. The van der Waals surface area contributed by atoms with Crippen molar-refractivity contribution in [2.24, 2.45) is 0 Å². The van der Waals surface area contributed by atoms with Gasteiger partial charge in [0.2, 0.25) is 0 Å². The standard InChI is InChI=1S/C11H11N3/c1-2-10-4-3-5-11(14-10)9-6-12-8-13-7-9/h3-8H,2H2,1H3. The largest absolute Gasteiger partial charge is 0.253 e. The van der Waals surface area contributed by atoms with Crippen LogP contribution in [-0.4, -0.2) is 15.0 Å². The number of hydrogen-bond acceptors (Lipinski definition) is 3. The van der Waals surface area contributed by atoms with Gasteiger partial charge in [0.15, 0.2) is 0 Å². The Labute approximate surface area is 82.9 Å². The van der Waals surface area contributed by atoms with E-state index in [1.54, 1.807) is 12.4 Å². The van der Waals surface area contributed by atoms with Crippen LogP contribution in [0.4, 0.5) is 0 Å². The number of nitrogens with zero attached hydrogens (tertiary/aromatic N) is 3. The third-order valence-electron chi connectivity index (χ3n) is 2.03. The van der Waals surface area contributed by atoms with Gasteiger partial charge in [-0.3, -0.25) is 4.98 Å². The van der Waals surface area contributed by atoms with E-state index in [4.69, 9.17) is 0 Å². The second-order valence-electron chi connectivity index (χ2n) is 2.99. The molecule has 2 aromatic rings. The number of rotatable bonds is 2. The van der Waals surface area contributed by atoms with Gasteiger partial charge in [-0.15, -0.1) is 0 Å². The minimum absolute atomic E-state index is 0.935.